The first-order valence-corrected chi connectivity index (χ1v) is 9.84. The first-order chi connectivity index (χ1) is 13.0. The van der Waals surface area contributed by atoms with Crippen LogP contribution in [0.2, 0.25) is 0 Å². The van der Waals surface area contributed by atoms with Gasteiger partial charge in [-0.1, -0.05) is 6.07 Å². The quantitative estimate of drug-likeness (QED) is 0.753. The van der Waals surface area contributed by atoms with Crippen LogP contribution in [0.25, 0.3) is 10.6 Å². The van der Waals surface area contributed by atoms with Gasteiger partial charge in [0.25, 0.3) is 11.5 Å². The zero-order valence-electron chi connectivity index (χ0n) is 15.3. The number of aromatic nitrogens is 4. The van der Waals surface area contributed by atoms with Gasteiger partial charge in [0.05, 0.1) is 21.8 Å². The Balaban J connectivity index is 1.59. The number of likely N-dealkylation sites (tertiary alicyclic amines) is 1. The van der Waals surface area contributed by atoms with Crippen molar-refractivity contribution in [1.82, 2.24) is 24.6 Å². The van der Waals surface area contributed by atoms with Crippen molar-refractivity contribution in [1.29, 1.82) is 0 Å². The van der Waals surface area contributed by atoms with Crippen molar-refractivity contribution in [2.75, 3.05) is 13.1 Å². The van der Waals surface area contributed by atoms with Gasteiger partial charge in [-0.3, -0.25) is 14.3 Å². The highest BCUT2D eigenvalue weighted by atomic mass is 32.1. The third-order valence-electron chi connectivity index (χ3n) is 4.87. The molecule has 1 aliphatic heterocycles. The fraction of sp³-hybridized carbons (Fsp3) is 0.368. The van der Waals surface area contributed by atoms with Crippen LogP contribution in [0, 0.1) is 6.92 Å². The lowest BCUT2D eigenvalue weighted by Crippen LogP contribution is -2.40. The van der Waals surface area contributed by atoms with E-state index in [4.69, 9.17) is 0 Å². The Kier molecular flexibility index (Phi) is 4.65. The van der Waals surface area contributed by atoms with Gasteiger partial charge in [0.2, 0.25) is 0 Å². The van der Waals surface area contributed by atoms with Gasteiger partial charge in [-0.25, -0.2) is 4.98 Å². The fourth-order valence-electron chi connectivity index (χ4n) is 3.59. The van der Waals surface area contributed by atoms with E-state index in [-0.39, 0.29) is 17.4 Å². The van der Waals surface area contributed by atoms with Crippen LogP contribution in [0.4, 0.5) is 0 Å². The molecule has 4 heterocycles. The molecule has 1 unspecified atom stereocenters. The Morgan fingerprint density at radius 3 is 2.96 bits per heavy atom. The van der Waals surface area contributed by atoms with Crippen molar-refractivity contribution in [3.05, 3.63) is 57.2 Å². The molecule has 8 heteroatoms. The van der Waals surface area contributed by atoms with Crippen molar-refractivity contribution in [3.8, 4) is 10.6 Å². The van der Waals surface area contributed by atoms with Crippen LogP contribution >= 0.6 is 11.3 Å². The van der Waals surface area contributed by atoms with Crippen LogP contribution in [0.5, 0.6) is 0 Å². The highest BCUT2D eigenvalue weighted by molar-refractivity contribution is 7.13. The van der Waals surface area contributed by atoms with Gasteiger partial charge in [0.1, 0.15) is 5.82 Å². The maximum Gasteiger partial charge on any atom is 0.257 e. The summed E-state index contributed by atoms with van der Waals surface area (Å²) in [4.78, 5) is 35.4. The highest BCUT2D eigenvalue weighted by Gasteiger charge is 2.28. The molecule has 1 amide bonds. The molecular weight excluding hydrogens is 362 g/mol. The number of amides is 1. The lowest BCUT2D eigenvalue weighted by atomic mass is 9.96. The van der Waals surface area contributed by atoms with E-state index in [0.717, 1.165) is 23.4 Å². The van der Waals surface area contributed by atoms with Crippen LogP contribution in [0.3, 0.4) is 0 Å². The minimum atomic E-state index is -0.157. The standard InChI is InChI=1S/C19H21N5O2S/c1-12-14(11-23(2)22-12)19(26)24-7-3-5-13(10-24)18-20-15(9-17(25)21-18)16-6-4-8-27-16/h4,6,8-9,11,13H,3,5,7,10H2,1-2H3,(H,20,21,25). The molecule has 7 nitrogen and oxygen atoms in total. The monoisotopic (exact) mass is 383 g/mol. The topological polar surface area (TPSA) is 83.9 Å². The Labute approximate surface area is 160 Å². The minimum absolute atomic E-state index is 0.0120. The predicted octanol–water partition coefficient (Wildman–Crippen LogP) is 2.56. The molecule has 1 aliphatic rings. The first-order valence-electron chi connectivity index (χ1n) is 8.96. The lowest BCUT2D eigenvalue weighted by Gasteiger charge is -2.32. The maximum atomic E-state index is 12.9. The number of aryl methyl sites for hydroxylation is 2. The molecule has 140 valence electrons. The molecular formula is C19H21N5O2S. The molecule has 1 N–H and O–H groups in total. The summed E-state index contributed by atoms with van der Waals surface area (Å²) in [5, 5.41) is 6.23. The molecule has 0 aromatic carbocycles. The molecule has 1 saturated heterocycles. The van der Waals surface area contributed by atoms with Crippen LogP contribution < -0.4 is 5.56 Å². The van der Waals surface area contributed by atoms with Crippen LogP contribution in [-0.2, 0) is 7.05 Å². The second kappa shape index (κ2) is 7.11. The summed E-state index contributed by atoms with van der Waals surface area (Å²) in [5.41, 5.74) is 1.90. The summed E-state index contributed by atoms with van der Waals surface area (Å²) in [6.45, 7) is 3.10. The normalized spacial score (nSPS) is 17.3. The third-order valence-corrected chi connectivity index (χ3v) is 5.77. The highest BCUT2D eigenvalue weighted by Crippen LogP contribution is 2.28. The van der Waals surface area contributed by atoms with E-state index >= 15 is 0 Å². The zero-order valence-corrected chi connectivity index (χ0v) is 16.1. The Morgan fingerprint density at radius 1 is 1.41 bits per heavy atom. The summed E-state index contributed by atoms with van der Waals surface area (Å²) >= 11 is 1.56. The molecule has 3 aromatic rings. The molecule has 1 fully saturated rings. The van der Waals surface area contributed by atoms with Gasteiger partial charge < -0.3 is 9.88 Å². The molecule has 0 radical (unpaired) electrons. The van der Waals surface area contributed by atoms with E-state index < -0.39 is 0 Å². The molecule has 0 spiro atoms. The maximum absolute atomic E-state index is 12.9. The number of hydrogen-bond acceptors (Lipinski definition) is 5. The number of nitrogens with one attached hydrogen (secondary N) is 1. The van der Waals surface area contributed by atoms with E-state index in [2.05, 4.69) is 15.1 Å². The smallest absolute Gasteiger partial charge is 0.257 e. The number of aromatic amines is 1. The lowest BCUT2D eigenvalue weighted by molar-refractivity contribution is 0.0703. The van der Waals surface area contributed by atoms with E-state index in [9.17, 15) is 9.59 Å². The third kappa shape index (κ3) is 3.57. The van der Waals surface area contributed by atoms with Crippen molar-refractivity contribution in [2.24, 2.45) is 7.05 Å². The van der Waals surface area contributed by atoms with Gasteiger partial charge in [-0.05, 0) is 31.2 Å². The number of carbonyl (C=O) groups excluding carboxylic acids is 1. The number of thiophene rings is 1. The van der Waals surface area contributed by atoms with Crippen molar-refractivity contribution in [3.63, 3.8) is 0 Å². The largest absolute Gasteiger partial charge is 0.338 e. The summed E-state index contributed by atoms with van der Waals surface area (Å²) in [6, 6.07) is 5.43. The zero-order chi connectivity index (χ0) is 19.0. The number of nitrogens with zero attached hydrogens (tertiary/aromatic N) is 4. The van der Waals surface area contributed by atoms with Crippen molar-refractivity contribution < 1.29 is 4.79 Å². The predicted molar refractivity (Wildman–Crippen MR) is 104 cm³/mol. The summed E-state index contributed by atoms with van der Waals surface area (Å²) in [6.07, 6.45) is 3.54. The number of carbonyl (C=O) groups is 1. The van der Waals surface area contributed by atoms with Crippen LogP contribution in [-0.4, -0.2) is 43.6 Å². The number of H-pyrrole nitrogens is 1. The van der Waals surface area contributed by atoms with Crippen LogP contribution in [0.1, 0.15) is 40.6 Å². The van der Waals surface area contributed by atoms with Gasteiger partial charge >= 0.3 is 0 Å². The molecule has 3 aromatic heterocycles. The van der Waals surface area contributed by atoms with E-state index in [0.29, 0.717) is 30.2 Å². The minimum Gasteiger partial charge on any atom is -0.338 e. The summed E-state index contributed by atoms with van der Waals surface area (Å²) in [7, 11) is 1.81. The Morgan fingerprint density at radius 2 is 2.26 bits per heavy atom. The fourth-order valence-corrected chi connectivity index (χ4v) is 4.27. The van der Waals surface area contributed by atoms with Crippen molar-refractivity contribution in [2.45, 2.75) is 25.7 Å². The number of hydrogen-bond donors (Lipinski definition) is 1. The molecule has 0 aliphatic carbocycles. The van der Waals surface area contributed by atoms with Gasteiger partial charge in [-0.2, -0.15) is 5.10 Å². The van der Waals surface area contributed by atoms with Crippen LogP contribution in [0.15, 0.2) is 34.6 Å². The van der Waals surface area contributed by atoms with Crippen molar-refractivity contribution >= 4 is 17.2 Å². The van der Waals surface area contributed by atoms with E-state index in [1.54, 1.807) is 22.2 Å². The molecule has 1 atom stereocenters. The first kappa shape index (κ1) is 17.7. The van der Waals surface area contributed by atoms with E-state index in [1.807, 2.05) is 36.4 Å². The average molecular weight is 383 g/mol. The second-order valence-electron chi connectivity index (χ2n) is 6.89. The van der Waals surface area contributed by atoms with Gasteiger partial charge in [0, 0.05) is 38.3 Å². The van der Waals surface area contributed by atoms with E-state index in [1.165, 1.54) is 6.07 Å². The van der Waals surface area contributed by atoms with Gasteiger partial charge in [-0.15, -0.1) is 11.3 Å². The second-order valence-corrected chi connectivity index (χ2v) is 7.83. The SMILES string of the molecule is Cc1nn(C)cc1C(=O)N1CCCC(c2nc(-c3cccs3)cc(=O)[nH]2)C1. The molecule has 4 rings (SSSR count). The Bertz CT molecular complexity index is 1020. The Hall–Kier alpha value is -2.74. The molecule has 0 saturated carbocycles. The summed E-state index contributed by atoms with van der Waals surface area (Å²) < 4.78 is 1.66. The number of rotatable bonds is 3. The molecule has 0 bridgehead atoms. The number of piperidine rings is 1. The molecule has 27 heavy (non-hydrogen) atoms. The average Bonchev–Trinajstić information content (AvgIpc) is 3.30. The summed E-state index contributed by atoms with van der Waals surface area (Å²) in [5.74, 6) is 0.667. The van der Waals surface area contributed by atoms with Gasteiger partial charge in [0.15, 0.2) is 0 Å².